The predicted molar refractivity (Wildman–Crippen MR) is 75.3 cm³/mol. The van der Waals surface area contributed by atoms with Gasteiger partial charge in [-0.3, -0.25) is 0 Å². The molecular weight excluding hydrogens is 292 g/mol. The zero-order chi connectivity index (χ0) is 16.1. The van der Waals surface area contributed by atoms with Crippen molar-refractivity contribution in [3.05, 3.63) is 42.0 Å². The highest BCUT2D eigenvalue weighted by molar-refractivity contribution is 5.87. The highest BCUT2D eigenvalue weighted by Gasteiger charge is 2.45. The summed E-state index contributed by atoms with van der Waals surface area (Å²) in [5, 5.41) is 38.0. The van der Waals surface area contributed by atoms with E-state index in [1.54, 1.807) is 12.1 Å². The zero-order valence-electron chi connectivity index (χ0n) is 11.6. The van der Waals surface area contributed by atoms with Crippen LogP contribution in [0.4, 0.5) is 0 Å². The molecule has 0 unspecified atom stereocenters. The standard InChI is InChI=1S/C15H18O7/c16-8-10-12(18)13(19)14(20)15(21-10)22-11(17)7-6-9-4-2-1-3-5-9/h1-7,10,12-16,18-20H,8H2/t10-,12-,13+,14-,15-/m1/s1. The first-order valence-corrected chi connectivity index (χ1v) is 6.77. The summed E-state index contributed by atoms with van der Waals surface area (Å²) < 4.78 is 9.96. The number of carbonyl (C=O) groups is 1. The van der Waals surface area contributed by atoms with Crippen LogP contribution in [0, 0.1) is 0 Å². The van der Waals surface area contributed by atoms with Gasteiger partial charge in [0.1, 0.15) is 24.4 Å². The average molecular weight is 310 g/mol. The third-order valence-corrected chi connectivity index (χ3v) is 3.29. The van der Waals surface area contributed by atoms with Crippen molar-refractivity contribution >= 4 is 12.0 Å². The Balaban J connectivity index is 1.97. The van der Waals surface area contributed by atoms with Gasteiger partial charge < -0.3 is 29.9 Å². The second-order valence-corrected chi connectivity index (χ2v) is 4.88. The molecule has 0 saturated carbocycles. The van der Waals surface area contributed by atoms with E-state index in [9.17, 15) is 20.1 Å². The Morgan fingerprint density at radius 3 is 2.45 bits per heavy atom. The number of aliphatic hydroxyl groups excluding tert-OH is 4. The lowest BCUT2D eigenvalue weighted by Gasteiger charge is -2.38. The predicted octanol–water partition coefficient (Wildman–Crippen LogP) is -0.957. The first-order valence-electron chi connectivity index (χ1n) is 6.77. The molecule has 1 aromatic rings. The lowest BCUT2D eigenvalue weighted by Crippen LogP contribution is -2.59. The van der Waals surface area contributed by atoms with Crippen LogP contribution in [0.15, 0.2) is 36.4 Å². The number of aliphatic hydroxyl groups is 4. The van der Waals surface area contributed by atoms with Crippen molar-refractivity contribution in [3.63, 3.8) is 0 Å². The third kappa shape index (κ3) is 3.90. The molecule has 1 heterocycles. The first-order chi connectivity index (χ1) is 10.5. The lowest BCUT2D eigenvalue weighted by atomic mass is 9.99. The molecule has 1 fully saturated rings. The van der Waals surface area contributed by atoms with E-state index in [-0.39, 0.29) is 0 Å². The monoisotopic (exact) mass is 310 g/mol. The maximum atomic E-state index is 11.7. The number of hydrogen-bond acceptors (Lipinski definition) is 7. The van der Waals surface area contributed by atoms with Crippen LogP contribution in [0.2, 0.25) is 0 Å². The molecule has 22 heavy (non-hydrogen) atoms. The molecule has 0 bridgehead atoms. The molecule has 1 aliphatic rings. The van der Waals surface area contributed by atoms with Crippen molar-refractivity contribution in [1.29, 1.82) is 0 Å². The number of esters is 1. The minimum Gasteiger partial charge on any atom is -0.430 e. The number of benzene rings is 1. The van der Waals surface area contributed by atoms with E-state index in [0.29, 0.717) is 0 Å². The Kier molecular flexibility index (Phi) is 5.64. The van der Waals surface area contributed by atoms with E-state index in [4.69, 9.17) is 14.6 Å². The number of ether oxygens (including phenoxy) is 2. The van der Waals surface area contributed by atoms with E-state index in [1.807, 2.05) is 18.2 Å². The summed E-state index contributed by atoms with van der Waals surface area (Å²) in [5.74, 6) is -0.784. The van der Waals surface area contributed by atoms with Gasteiger partial charge in [-0.2, -0.15) is 0 Å². The lowest BCUT2D eigenvalue weighted by molar-refractivity contribution is -0.291. The van der Waals surface area contributed by atoms with Crippen molar-refractivity contribution in [1.82, 2.24) is 0 Å². The summed E-state index contributed by atoms with van der Waals surface area (Å²) in [5.41, 5.74) is 0.785. The fraction of sp³-hybridized carbons (Fsp3) is 0.400. The average Bonchev–Trinajstić information content (AvgIpc) is 2.54. The fourth-order valence-electron chi connectivity index (χ4n) is 2.05. The van der Waals surface area contributed by atoms with Crippen LogP contribution in [0.5, 0.6) is 0 Å². The molecule has 1 aliphatic heterocycles. The molecule has 0 amide bonds. The Labute approximate surface area is 127 Å². The molecule has 5 atom stereocenters. The quantitative estimate of drug-likeness (QED) is 0.418. The van der Waals surface area contributed by atoms with Crippen LogP contribution in [-0.2, 0) is 14.3 Å². The van der Waals surface area contributed by atoms with Gasteiger partial charge in [-0.25, -0.2) is 4.79 Å². The van der Waals surface area contributed by atoms with Crippen molar-refractivity contribution in [2.24, 2.45) is 0 Å². The molecule has 0 aliphatic carbocycles. The molecule has 1 saturated heterocycles. The summed E-state index contributed by atoms with van der Waals surface area (Å²) in [6.45, 7) is -0.584. The van der Waals surface area contributed by atoms with Crippen LogP contribution in [0.3, 0.4) is 0 Å². The topological polar surface area (TPSA) is 116 Å². The molecule has 7 heteroatoms. The van der Waals surface area contributed by atoms with Gasteiger partial charge in [0, 0.05) is 6.08 Å². The van der Waals surface area contributed by atoms with E-state index in [1.165, 1.54) is 6.08 Å². The van der Waals surface area contributed by atoms with Crippen molar-refractivity contribution in [2.75, 3.05) is 6.61 Å². The van der Waals surface area contributed by atoms with Crippen LogP contribution in [-0.4, -0.2) is 63.7 Å². The normalized spacial score (nSPS) is 32.1. The molecule has 0 radical (unpaired) electrons. The highest BCUT2D eigenvalue weighted by Crippen LogP contribution is 2.22. The van der Waals surface area contributed by atoms with Crippen LogP contribution >= 0.6 is 0 Å². The largest absolute Gasteiger partial charge is 0.430 e. The minimum absolute atomic E-state index is 0.584. The molecule has 120 valence electrons. The van der Waals surface area contributed by atoms with Gasteiger partial charge in [0.25, 0.3) is 0 Å². The van der Waals surface area contributed by atoms with E-state index in [0.717, 1.165) is 11.6 Å². The number of carbonyl (C=O) groups excluding carboxylic acids is 1. The smallest absolute Gasteiger partial charge is 0.333 e. The van der Waals surface area contributed by atoms with Gasteiger partial charge in [-0.1, -0.05) is 30.3 Å². The van der Waals surface area contributed by atoms with Crippen molar-refractivity contribution < 1.29 is 34.7 Å². The number of rotatable bonds is 4. The molecule has 7 nitrogen and oxygen atoms in total. The third-order valence-electron chi connectivity index (χ3n) is 3.29. The first kappa shape index (κ1) is 16.6. The SMILES string of the molecule is O=C(C=Cc1ccccc1)O[C@H]1O[C@H](CO)[C@@H](O)[C@H](O)[C@H]1O. The Bertz CT molecular complexity index is 514. The summed E-state index contributed by atoms with van der Waals surface area (Å²) >= 11 is 0. The summed E-state index contributed by atoms with van der Waals surface area (Å²) in [4.78, 5) is 11.7. The number of hydrogen-bond donors (Lipinski definition) is 4. The fourth-order valence-corrected chi connectivity index (χ4v) is 2.05. The molecule has 2 rings (SSSR count). The second-order valence-electron chi connectivity index (χ2n) is 4.88. The van der Waals surface area contributed by atoms with Gasteiger partial charge in [0.2, 0.25) is 6.29 Å². The van der Waals surface area contributed by atoms with Crippen LogP contribution in [0.25, 0.3) is 6.08 Å². The van der Waals surface area contributed by atoms with Crippen molar-refractivity contribution in [3.8, 4) is 0 Å². The van der Waals surface area contributed by atoms with Gasteiger partial charge in [-0.05, 0) is 11.6 Å². The van der Waals surface area contributed by atoms with Gasteiger partial charge in [-0.15, -0.1) is 0 Å². The van der Waals surface area contributed by atoms with Gasteiger partial charge in [0.05, 0.1) is 6.61 Å². The molecule has 0 spiro atoms. The summed E-state index contributed by atoms with van der Waals surface area (Å²) in [6.07, 6.45) is -4.59. The van der Waals surface area contributed by atoms with Gasteiger partial charge in [0.15, 0.2) is 0 Å². The minimum atomic E-state index is -1.60. The van der Waals surface area contributed by atoms with E-state index >= 15 is 0 Å². The maximum Gasteiger partial charge on any atom is 0.333 e. The van der Waals surface area contributed by atoms with Crippen LogP contribution < -0.4 is 0 Å². The zero-order valence-corrected chi connectivity index (χ0v) is 11.6. The summed E-state index contributed by atoms with van der Waals surface area (Å²) in [6, 6.07) is 9.03. The van der Waals surface area contributed by atoms with Crippen molar-refractivity contribution in [2.45, 2.75) is 30.7 Å². The van der Waals surface area contributed by atoms with E-state index < -0.39 is 43.3 Å². The maximum absolute atomic E-state index is 11.7. The molecule has 1 aromatic carbocycles. The van der Waals surface area contributed by atoms with Crippen LogP contribution in [0.1, 0.15) is 5.56 Å². The Morgan fingerprint density at radius 1 is 1.14 bits per heavy atom. The highest BCUT2D eigenvalue weighted by atomic mass is 16.7. The summed E-state index contributed by atoms with van der Waals surface area (Å²) in [7, 11) is 0. The molecular formula is C15H18O7. The van der Waals surface area contributed by atoms with Gasteiger partial charge >= 0.3 is 5.97 Å². The Hall–Kier alpha value is -1.77. The second kappa shape index (κ2) is 7.48. The molecule has 4 N–H and O–H groups in total. The molecule has 0 aromatic heterocycles. The van der Waals surface area contributed by atoms with E-state index in [2.05, 4.69) is 0 Å². The Morgan fingerprint density at radius 2 is 1.82 bits per heavy atom.